The molecule has 0 aliphatic carbocycles. The summed E-state index contributed by atoms with van der Waals surface area (Å²) in [7, 11) is 1.67. The van der Waals surface area contributed by atoms with Gasteiger partial charge in [-0.05, 0) is 39.8 Å². The van der Waals surface area contributed by atoms with E-state index < -0.39 is 0 Å². The molecule has 0 spiro atoms. The molecule has 0 aromatic rings. The Morgan fingerprint density at radius 1 is 1.29 bits per heavy atom. The second-order valence-electron chi connectivity index (χ2n) is 7.10. The molecule has 0 radical (unpaired) electrons. The third kappa shape index (κ3) is 6.65. The van der Waals surface area contributed by atoms with Gasteiger partial charge in [0.2, 0.25) is 5.91 Å². The van der Waals surface area contributed by atoms with E-state index in [9.17, 15) is 4.79 Å². The maximum atomic E-state index is 12.6. The standard InChI is InChI=1S/C16H31N3O3.2ClH/c1-15(2)12-19(10-11-22-15)9-8-18-14(20)16(13-21-3)4-6-17-7-5-16;;/h17H,4-13H2,1-3H3,(H,18,20);2*1H. The van der Waals surface area contributed by atoms with Gasteiger partial charge in [0.15, 0.2) is 0 Å². The van der Waals surface area contributed by atoms with Crippen molar-refractivity contribution in [2.24, 2.45) is 5.41 Å². The summed E-state index contributed by atoms with van der Waals surface area (Å²) in [6.45, 7) is 10.7. The highest BCUT2D eigenvalue weighted by Crippen LogP contribution is 2.29. The van der Waals surface area contributed by atoms with E-state index in [4.69, 9.17) is 9.47 Å². The second-order valence-corrected chi connectivity index (χ2v) is 7.10. The molecule has 2 heterocycles. The molecule has 0 saturated carbocycles. The highest BCUT2D eigenvalue weighted by molar-refractivity contribution is 5.85. The molecular weight excluding hydrogens is 353 g/mol. The van der Waals surface area contributed by atoms with Crippen LogP contribution in [0.1, 0.15) is 26.7 Å². The Bertz CT molecular complexity index is 372. The predicted octanol–water partition coefficient (Wildman–Crippen LogP) is 1.07. The normalized spacial score (nSPS) is 22.8. The number of hydrogen-bond acceptors (Lipinski definition) is 5. The first-order valence-electron chi connectivity index (χ1n) is 8.32. The first kappa shape index (κ1) is 23.9. The topological polar surface area (TPSA) is 62.8 Å². The number of rotatable bonds is 6. The summed E-state index contributed by atoms with van der Waals surface area (Å²) < 4.78 is 11.0. The summed E-state index contributed by atoms with van der Waals surface area (Å²) in [5.74, 6) is 0.142. The van der Waals surface area contributed by atoms with E-state index in [-0.39, 0.29) is 41.7 Å². The molecule has 2 fully saturated rings. The first-order valence-corrected chi connectivity index (χ1v) is 8.32. The maximum absolute atomic E-state index is 12.6. The fourth-order valence-corrected chi connectivity index (χ4v) is 3.44. The van der Waals surface area contributed by atoms with Gasteiger partial charge in [-0.2, -0.15) is 0 Å². The maximum Gasteiger partial charge on any atom is 0.228 e. The lowest BCUT2D eigenvalue weighted by Crippen LogP contribution is -2.53. The van der Waals surface area contributed by atoms with Crippen molar-refractivity contribution < 1.29 is 14.3 Å². The Labute approximate surface area is 158 Å². The first-order chi connectivity index (χ1) is 10.5. The molecule has 2 N–H and O–H groups in total. The molecule has 1 amide bonds. The predicted molar refractivity (Wildman–Crippen MR) is 100 cm³/mol. The van der Waals surface area contributed by atoms with Gasteiger partial charge in [0, 0.05) is 33.3 Å². The van der Waals surface area contributed by atoms with Gasteiger partial charge in [0.1, 0.15) is 0 Å². The minimum Gasteiger partial charge on any atom is -0.384 e. The second kappa shape index (κ2) is 10.8. The van der Waals surface area contributed by atoms with E-state index in [1.165, 1.54) is 0 Å². The minimum absolute atomic E-state index is 0. The molecule has 2 saturated heterocycles. The number of hydrogen-bond donors (Lipinski definition) is 2. The summed E-state index contributed by atoms with van der Waals surface area (Å²) in [6.07, 6.45) is 1.69. The van der Waals surface area contributed by atoms with Crippen LogP contribution in [0, 0.1) is 5.41 Å². The van der Waals surface area contributed by atoms with Crippen LogP contribution >= 0.6 is 24.8 Å². The largest absolute Gasteiger partial charge is 0.384 e. The number of morpholine rings is 1. The van der Waals surface area contributed by atoms with Crippen LogP contribution in [0.25, 0.3) is 0 Å². The lowest BCUT2D eigenvalue weighted by Gasteiger charge is -2.39. The number of carbonyl (C=O) groups is 1. The zero-order valence-corrected chi connectivity index (χ0v) is 16.7. The molecule has 0 atom stereocenters. The number of nitrogens with one attached hydrogen (secondary N) is 2. The van der Waals surface area contributed by atoms with Crippen LogP contribution in [-0.4, -0.2) is 76.0 Å². The molecule has 0 bridgehead atoms. The van der Waals surface area contributed by atoms with Crippen molar-refractivity contribution in [2.75, 3.05) is 59.6 Å². The smallest absolute Gasteiger partial charge is 0.228 e. The molecule has 2 aliphatic rings. The number of ether oxygens (including phenoxy) is 2. The van der Waals surface area contributed by atoms with E-state index in [2.05, 4.69) is 29.4 Å². The van der Waals surface area contributed by atoms with Crippen molar-refractivity contribution in [1.29, 1.82) is 0 Å². The van der Waals surface area contributed by atoms with Gasteiger partial charge in [-0.3, -0.25) is 9.69 Å². The molecule has 8 heteroatoms. The van der Waals surface area contributed by atoms with Crippen LogP contribution in [0.4, 0.5) is 0 Å². The van der Waals surface area contributed by atoms with Gasteiger partial charge in [0.25, 0.3) is 0 Å². The van der Waals surface area contributed by atoms with Crippen molar-refractivity contribution in [2.45, 2.75) is 32.3 Å². The monoisotopic (exact) mass is 385 g/mol. The molecule has 0 aromatic carbocycles. The van der Waals surface area contributed by atoms with Gasteiger partial charge in [-0.15, -0.1) is 24.8 Å². The molecule has 2 aliphatic heterocycles. The fourth-order valence-electron chi connectivity index (χ4n) is 3.44. The lowest BCUT2D eigenvalue weighted by atomic mass is 9.78. The highest BCUT2D eigenvalue weighted by atomic mass is 35.5. The van der Waals surface area contributed by atoms with Crippen molar-refractivity contribution in [3.8, 4) is 0 Å². The van der Waals surface area contributed by atoms with E-state index in [1.54, 1.807) is 7.11 Å². The number of halogens is 2. The third-order valence-corrected chi connectivity index (χ3v) is 4.68. The Kier molecular flexibility index (Phi) is 10.7. The summed E-state index contributed by atoms with van der Waals surface area (Å²) in [6, 6.07) is 0. The average Bonchev–Trinajstić information content (AvgIpc) is 2.47. The van der Waals surface area contributed by atoms with Crippen LogP contribution in [0.15, 0.2) is 0 Å². The summed E-state index contributed by atoms with van der Waals surface area (Å²) in [5, 5.41) is 6.44. The molecule has 24 heavy (non-hydrogen) atoms. The number of piperidine rings is 1. The third-order valence-electron chi connectivity index (χ3n) is 4.68. The van der Waals surface area contributed by atoms with Crippen LogP contribution in [0.3, 0.4) is 0 Å². The quantitative estimate of drug-likeness (QED) is 0.715. The molecule has 6 nitrogen and oxygen atoms in total. The average molecular weight is 386 g/mol. The lowest BCUT2D eigenvalue weighted by molar-refractivity contribution is -0.136. The fraction of sp³-hybridized carbons (Fsp3) is 0.938. The van der Waals surface area contributed by atoms with Gasteiger partial charge in [-0.25, -0.2) is 0 Å². The van der Waals surface area contributed by atoms with Crippen LogP contribution in [0.5, 0.6) is 0 Å². The van der Waals surface area contributed by atoms with Crippen molar-refractivity contribution in [1.82, 2.24) is 15.5 Å². The van der Waals surface area contributed by atoms with Crippen molar-refractivity contribution in [3.63, 3.8) is 0 Å². The molecule has 144 valence electrons. The molecular formula is C16H33Cl2N3O3. The summed E-state index contributed by atoms with van der Waals surface area (Å²) in [4.78, 5) is 15.0. The molecule has 0 aromatic heterocycles. The highest BCUT2D eigenvalue weighted by Gasteiger charge is 2.39. The van der Waals surface area contributed by atoms with Crippen LogP contribution < -0.4 is 10.6 Å². The number of carbonyl (C=O) groups excluding carboxylic acids is 1. The zero-order valence-electron chi connectivity index (χ0n) is 15.1. The van der Waals surface area contributed by atoms with Gasteiger partial charge >= 0.3 is 0 Å². The Balaban J connectivity index is 0.00000264. The Morgan fingerprint density at radius 3 is 2.54 bits per heavy atom. The van der Waals surface area contributed by atoms with Crippen LogP contribution in [0.2, 0.25) is 0 Å². The Morgan fingerprint density at radius 2 is 1.96 bits per heavy atom. The summed E-state index contributed by atoms with van der Waals surface area (Å²) >= 11 is 0. The van der Waals surface area contributed by atoms with Gasteiger partial charge < -0.3 is 20.1 Å². The number of nitrogens with zero attached hydrogens (tertiary/aromatic N) is 1. The van der Waals surface area contributed by atoms with E-state index >= 15 is 0 Å². The van der Waals surface area contributed by atoms with Gasteiger partial charge in [-0.1, -0.05) is 0 Å². The van der Waals surface area contributed by atoms with E-state index in [0.717, 1.165) is 52.2 Å². The number of amides is 1. The SMILES string of the molecule is COCC1(C(=O)NCCN2CCOC(C)(C)C2)CCNCC1.Cl.Cl. The van der Waals surface area contributed by atoms with Crippen molar-refractivity contribution in [3.05, 3.63) is 0 Å². The number of methoxy groups -OCH3 is 1. The Hall–Kier alpha value is -0.110. The van der Waals surface area contributed by atoms with E-state index in [0.29, 0.717) is 13.2 Å². The van der Waals surface area contributed by atoms with Crippen molar-refractivity contribution >= 4 is 30.7 Å². The molecule has 0 unspecified atom stereocenters. The van der Waals surface area contributed by atoms with Gasteiger partial charge in [0.05, 0.1) is 24.2 Å². The van der Waals surface area contributed by atoms with E-state index in [1.807, 2.05) is 0 Å². The van der Waals surface area contributed by atoms with Crippen LogP contribution in [-0.2, 0) is 14.3 Å². The minimum atomic E-state index is -0.357. The zero-order chi connectivity index (χ0) is 16.1. The molecule has 2 rings (SSSR count). The summed E-state index contributed by atoms with van der Waals surface area (Å²) in [5.41, 5.74) is -0.446.